The van der Waals surface area contributed by atoms with E-state index >= 15 is 0 Å². The summed E-state index contributed by atoms with van der Waals surface area (Å²) in [7, 11) is 0. The summed E-state index contributed by atoms with van der Waals surface area (Å²) in [5.74, 6) is 1.15. The molecule has 6 rings (SSSR count). The van der Waals surface area contributed by atoms with Crippen LogP contribution in [0.1, 0.15) is 17.5 Å². The molecule has 25 heavy (non-hydrogen) atoms. The van der Waals surface area contributed by atoms with Crippen LogP contribution in [0.2, 0.25) is 0 Å². The van der Waals surface area contributed by atoms with E-state index < -0.39 is 0 Å². The number of nitrogens with one attached hydrogen (secondary N) is 1. The fourth-order valence-electron chi connectivity index (χ4n) is 4.07. The molecular formula is C16H16N7OS+. The highest BCUT2D eigenvalue weighted by atomic mass is 32.1. The number of aryl methyl sites for hydroxylation is 1. The number of hydrogen-bond acceptors (Lipinski definition) is 7. The van der Waals surface area contributed by atoms with E-state index in [1.807, 2.05) is 0 Å². The lowest BCUT2D eigenvalue weighted by Crippen LogP contribution is -2.37. The third kappa shape index (κ3) is 1.87. The highest BCUT2D eigenvalue weighted by molar-refractivity contribution is 7.26. The maximum atomic E-state index is 5.52. The van der Waals surface area contributed by atoms with E-state index in [4.69, 9.17) is 9.72 Å². The van der Waals surface area contributed by atoms with E-state index in [9.17, 15) is 0 Å². The van der Waals surface area contributed by atoms with Gasteiger partial charge in [-0.05, 0) is 30.4 Å². The van der Waals surface area contributed by atoms with Crippen LogP contribution in [-0.4, -0.2) is 51.8 Å². The number of H-pyrrole nitrogens is 1. The van der Waals surface area contributed by atoms with Gasteiger partial charge in [-0.3, -0.25) is 0 Å². The summed E-state index contributed by atoms with van der Waals surface area (Å²) in [6.07, 6.45) is 5.14. The van der Waals surface area contributed by atoms with Gasteiger partial charge in [-0.2, -0.15) is 0 Å². The van der Waals surface area contributed by atoms with Crippen molar-refractivity contribution in [1.82, 2.24) is 25.5 Å². The first-order valence-corrected chi connectivity index (χ1v) is 9.40. The molecule has 5 heterocycles. The molecule has 0 radical (unpaired) electrons. The van der Waals surface area contributed by atoms with Gasteiger partial charge < -0.3 is 9.64 Å². The lowest BCUT2D eigenvalue weighted by Gasteiger charge is -2.29. The first-order valence-electron chi connectivity index (χ1n) is 8.58. The topological polar surface area (TPSA) is 83.9 Å². The summed E-state index contributed by atoms with van der Waals surface area (Å²) in [5, 5.41) is 12.2. The van der Waals surface area contributed by atoms with Crippen LogP contribution in [0.15, 0.2) is 6.33 Å². The largest absolute Gasteiger partial charge is 0.378 e. The Kier molecular flexibility index (Phi) is 2.80. The van der Waals surface area contributed by atoms with Gasteiger partial charge >= 0.3 is 5.65 Å². The third-order valence-corrected chi connectivity index (χ3v) is 6.27. The van der Waals surface area contributed by atoms with E-state index in [1.54, 1.807) is 22.2 Å². The number of morpholine rings is 1. The molecule has 9 heteroatoms. The van der Waals surface area contributed by atoms with Gasteiger partial charge in [0.25, 0.3) is 0 Å². The summed E-state index contributed by atoms with van der Waals surface area (Å²) in [4.78, 5) is 13.2. The van der Waals surface area contributed by atoms with Crippen LogP contribution in [0, 0.1) is 0 Å². The molecule has 0 spiro atoms. The van der Waals surface area contributed by atoms with Gasteiger partial charge in [0.2, 0.25) is 6.33 Å². The normalized spacial score (nSPS) is 17.8. The van der Waals surface area contributed by atoms with Crippen molar-refractivity contribution < 1.29 is 9.25 Å². The first kappa shape index (κ1) is 13.9. The average molecular weight is 354 g/mol. The van der Waals surface area contributed by atoms with Crippen molar-refractivity contribution in [3.8, 4) is 0 Å². The van der Waals surface area contributed by atoms with E-state index in [2.05, 4.69) is 25.4 Å². The van der Waals surface area contributed by atoms with E-state index in [0.29, 0.717) is 0 Å². The quantitative estimate of drug-likeness (QED) is 0.514. The molecule has 1 N–H and O–H groups in total. The Morgan fingerprint density at radius 3 is 3.00 bits per heavy atom. The lowest BCUT2D eigenvalue weighted by molar-refractivity contribution is -0.584. The molecule has 1 fully saturated rings. The zero-order chi connectivity index (χ0) is 16.4. The van der Waals surface area contributed by atoms with Gasteiger partial charge in [0.05, 0.1) is 23.7 Å². The number of rotatable bonds is 1. The van der Waals surface area contributed by atoms with Crippen molar-refractivity contribution >= 4 is 43.2 Å². The number of aromatic nitrogens is 6. The van der Waals surface area contributed by atoms with Crippen LogP contribution in [0.25, 0.3) is 26.1 Å². The number of hydrogen-bond donors (Lipinski definition) is 1. The standard InChI is InChI=1S/C16H15N7OS/c1-2-9-10(3-1)14(22-4-6-24-7-5-22)18-16-11(9)12-13(25-16)15-19-20-21-23(15)8-17-12/h8H,1-7H2/p+1. The number of anilines is 1. The van der Waals surface area contributed by atoms with Crippen LogP contribution >= 0.6 is 11.3 Å². The number of tetrazole rings is 1. The van der Waals surface area contributed by atoms with Crippen LogP contribution in [0.4, 0.5) is 5.82 Å². The van der Waals surface area contributed by atoms with Crippen LogP contribution in [0.5, 0.6) is 0 Å². The Labute approximate surface area is 146 Å². The predicted molar refractivity (Wildman–Crippen MR) is 93.1 cm³/mol. The Bertz CT molecular complexity index is 1130. The van der Waals surface area contributed by atoms with Crippen LogP contribution < -0.4 is 9.42 Å². The Morgan fingerprint density at radius 2 is 2.08 bits per heavy atom. The van der Waals surface area contributed by atoms with Gasteiger partial charge in [0.1, 0.15) is 20.6 Å². The number of fused-ring (bicyclic) bond motifs is 7. The minimum atomic E-state index is 0.776. The molecular weight excluding hydrogens is 338 g/mol. The number of pyridine rings is 1. The molecule has 0 aromatic carbocycles. The fraction of sp³-hybridized carbons (Fsp3) is 0.438. The molecule has 0 bridgehead atoms. The summed E-state index contributed by atoms with van der Waals surface area (Å²) in [5.41, 5.74) is 4.66. The molecule has 4 aromatic heterocycles. The molecule has 0 atom stereocenters. The zero-order valence-corrected chi connectivity index (χ0v) is 14.3. The number of aromatic amines is 1. The molecule has 0 saturated carbocycles. The summed E-state index contributed by atoms with van der Waals surface area (Å²) < 4.78 is 8.32. The third-order valence-electron chi connectivity index (χ3n) is 5.20. The van der Waals surface area contributed by atoms with Gasteiger partial charge in [-0.25, -0.2) is 4.98 Å². The zero-order valence-electron chi connectivity index (χ0n) is 13.5. The minimum absolute atomic E-state index is 0.776. The fourth-order valence-corrected chi connectivity index (χ4v) is 5.20. The van der Waals surface area contributed by atoms with Crippen molar-refractivity contribution in [2.24, 2.45) is 0 Å². The Balaban J connectivity index is 1.69. The van der Waals surface area contributed by atoms with E-state index in [0.717, 1.165) is 65.7 Å². The Hall–Kier alpha value is -2.39. The monoisotopic (exact) mass is 354 g/mol. The number of nitrogens with zero attached hydrogens (tertiary/aromatic N) is 6. The maximum absolute atomic E-state index is 5.52. The van der Waals surface area contributed by atoms with E-state index in [1.165, 1.54) is 22.9 Å². The molecule has 1 aliphatic heterocycles. The molecule has 0 unspecified atom stereocenters. The lowest BCUT2D eigenvalue weighted by atomic mass is 10.1. The molecule has 4 aromatic rings. The highest BCUT2D eigenvalue weighted by Gasteiger charge is 2.28. The Morgan fingerprint density at radius 1 is 1.20 bits per heavy atom. The van der Waals surface area contributed by atoms with Gasteiger partial charge in [0.15, 0.2) is 5.52 Å². The van der Waals surface area contributed by atoms with Crippen molar-refractivity contribution in [1.29, 1.82) is 0 Å². The minimum Gasteiger partial charge on any atom is -0.378 e. The molecule has 1 saturated heterocycles. The smallest absolute Gasteiger partial charge is 0.314 e. The van der Waals surface area contributed by atoms with Gasteiger partial charge in [0, 0.05) is 13.1 Å². The second-order valence-corrected chi connectivity index (χ2v) is 7.54. The highest BCUT2D eigenvalue weighted by Crippen LogP contribution is 2.42. The molecule has 126 valence electrons. The van der Waals surface area contributed by atoms with Crippen molar-refractivity contribution in [3.05, 3.63) is 17.5 Å². The summed E-state index contributed by atoms with van der Waals surface area (Å²) in [6.45, 7) is 3.38. The second kappa shape index (κ2) is 5.06. The van der Waals surface area contributed by atoms with Crippen molar-refractivity contribution in [2.45, 2.75) is 19.3 Å². The molecule has 8 nitrogen and oxygen atoms in total. The summed E-state index contributed by atoms with van der Waals surface area (Å²) in [6, 6.07) is 0. The molecule has 0 amide bonds. The average Bonchev–Trinajstić information content (AvgIpc) is 3.37. The van der Waals surface area contributed by atoms with Gasteiger partial charge in [-0.15, -0.1) is 20.8 Å². The number of ether oxygens (including phenoxy) is 1. The predicted octanol–water partition coefficient (Wildman–Crippen LogP) is 1.03. The van der Waals surface area contributed by atoms with Crippen LogP contribution in [0.3, 0.4) is 0 Å². The van der Waals surface area contributed by atoms with Crippen molar-refractivity contribution in [3.63, 3.8) is 0 Å². The van der Waals surface area contributed by atoms with E-state index in [-0.39, 0.29) is 0 Å². The second-order valence-electron chi connectivity index (χ2n) is 6.54. The number of thiophene rings is 1. The summed E-state index contributed by atoms with van der Waals surface area (Å²) >= 11 is 1.67. The molecule has 2 aliphatic rings. The van der Waals surface area contributed by atoms with Crippen molar-refractivity contribution in [2.75, 3.05) is 31.2 Å². The molecule has 1 aliphatic carbocycles. The SMILES string of the molecule is c1nc2c(sc3nc(N4CCOCC4)c4c(c32)CCC4)c2nn[nH][n+]12. The van der Waals surface area contributed by atoms with Crippen LogP contribution in [-0.2, 0) is 17.6 Å². The maximum Gasteiger partial charge on any atom is 0.314 e. The first-order chi connectivity index (χ1) is 12.4. The van der Waals surface area contributed by atoms with Gasteiger partial charge in [-0.1, -0.05) is 5.21 Å².